The minimum Gasteiger partial charge on any atom is -0.472 e. The molecule has 2 aromatic carbocycles. The monoisotopic (exact) mass is 387 g/mol. The SMILES string of the molecule is [C-]#[N+]c1ccc(-n2ccc(OCc3c(C)cccc3-n3nnn(C)c3=O)n2)cc1. The molecule has 0 amide bonds. The summed E-state index contributed by atoms with van der Waals surface area (Å²) in [4.78, 5) is 15.6. The van der Waals surface area contributed by atoms with Gasteiger partial charge < -0.3 is 4.74 Å². The summed E-state index contributed by atoms with van der Waals surface area (Å²) in [5.41, 5.74) is 3.49. The van der Waals surface area contributed by atoms with Gasteiger partial charge in [-0.15, -0.1) is 5.10 Å². The molecular weight excluding hydrogens is 370 g/mol. The second-order valence-corrected chi connectivity index (χ2v) is 6.38. The van der Waals surface area contributed by atoms with Crippen molar-refractivity contribution in [3.05, 3.63) is 87.8 Å². The van der Waals surface area contributed by atoms with Gasteiger partial charge in [0.15, 0.2) is 5.69 Å². The largest absolute Gasteiger partial charge is 0.472 e. The summed E-state index contributed by atoms with van der Waals surface area (Å²) < 4.78 is 9.98. The molecule has 0 fully saturated rings. The summed E-state index contributed by atoms with van der Waals surface area (Å²) in [6, 6.07) is 14.5. The molecule has 9 heteroatoms. The van der Waals surface area contributed by atoms with Gasteiger partial charge in [0.05, 0.1) is 17.9 Å². The van der Waals surface area contributed by atoms with E-state index in [1.54, 1.807) is 42.2 Å². The van der Waals surface area contributed by atoms with Crippen LogP contribution in [0.2, 0.25) is 0 Å². The molecule has 4 rings (SSSR count). The third-order valence-corrected chi connectivity index (χ3v) is 4.51. The molecule has 0 aliphatic heterocycles. The van der Waals surface area contributed by atoms with Crippen LogP contribution in [0.25, 0.3) is 16.2 Å². The summed E-state index contributed by atoms with van der Waals surface area (Å²) in [5.74, 6) is 0.444. The fourth-order valence-corrected chi connectivity index (χ4v) is 2.89. The molecule has 144 valence electrons. The number of benzene rings is 2. The number of rotatable bonds is 5. The van der Waals surface area contributed by atoms with Gasteiger partial charge in [0.25, 0.3) is 0 Å². The van der Waals surface area contributed by atoms with Crippen molar-refractivity contribution in [2.45, 2.75) is 13.5 Å². The zero-order chi connectivity index (χ0) is 20.4. The van der Waals surface area contributed by atoms with Crippen LogP contribution in [0.4, 0.5) is 5.69 Å². The zero-order valence-electron chi connectivity index (χ0n) is 15.9. The van der Waals surface area contributed by atoms with Crippen molar-refractivity contribution in [3.8, 4) is 17.3 Å². The van der Waals surface area contributed by atoms with Crippen LogP contribution >= 0.6 is 0 Å². The molecule has 0 atom stereocenters. The molecule has 0 bridgehead atoms. The highest BCUT2D eigenvalue weighted by atomic mass is 16.5. The number of hydrogen-bond acceptors (Lipinski definition) is 5. The van der Waals surface area contributed by atoms with E-state index in [0.717, 1.165) is 16.8 Å². The number of ether oxygens (including phenoxy) is 1. The van der Waals surface area contributed by atoms with Crippen molar-refractivity contribution in [2.75, 3.05) is 0 Å². The smallest absolute Gasteiger partial charge is 0.368 e. The average molecular weight is 387 g/mol. The summed E-state index contributed by atoms with van der Waals surface area (Å²) in [7, 11) is 1.55. The first-order valence-electron chi connectivity index (χ1n) is 8.81. The molecular formula is C20H17N7O2. The van der Waals surface area contributed by atoms with Gasteiger partial charge in [-0.1, -0.05) is 24.3 Å². The van der Waals surface area contributed by atoms with Crippen LogP contribution in [0.5, 0.6) is 5.88 Å². The molecule has 2 heterocycles. The van der Waals surface area contributed by atoms with Gasteiger partial charge in [-0.05, 0) is 41.1 Å². The zero-order valence-corrected chi connectivity index (χ0v) is 15.9. The first kappa shape index (κ1) is 18.2. The molecule has 0 radical (unpaired) electrons. The maximum Gasteiger partial charge on any atom is 0.368 e. The van der Waals surface area contributed by atoms with E-state index in [4.69, 9.17) is 11.3 Å². The van der Waals surface area contributed by atoms with Crippen molar-refractivity contribution in [2.24, 2.45) is 7.05 Å². The van der Waals surface area contributed by atoms with Crippen LogP contribution in [0, 0.1) is 13.5 Å². The van der Waals surface area contributed by atoms with Crippen LogP contribution in [0.1, 0.15) is 11.1 Å². The molecule has 0 unspecified atom stereocenters. The lowest BCUT2D eigenvalue weighted by Crippen LogP contribution is -2.23. The van der Waals surface area contributed by atoms with Crippen LogP contribution < -0.4 is 10.4 Å². The Morgan fingerprint density at radius 2 is 1.90 bits per heavy atom. The average Bonchev–Trinajstić information content (AvgIpc) is 3.34. The predicted octanol–water partition coefficient (Wildman–Crippen LogP) is 2.59. The third kappa shape index (κ3) is 3.51. The van der Waals surface area contributed by atoms with E-state index in [-0.39, 0.29) is 12.3 Å². The molecule has 0 aliphatic carbocycles. The Kier molecular flexibility index (Phi) is 4.66. The van der Waals surface area contributed by atoms with Crippen LogP contribution in [-0.2, 0) is 13.7 Å². The van der Waals surface area contributed by atoms with E-state index in [9.17, 15) is 4.79 Å². The molecule has 9 nitrogen and oxygen atoms in total. The second-order valence-electron chi connectivity index (χ2n) is 6.38. The van der Waals surface area contributed by atoms with Gasteiger partial charge in [-0.25, -0.2) is 14.3 Å². The summed E-state index contributed by atoms with van der Waals surface area (Å²) in [6.45, 7) is 9.19. The number of aromatic nitrogens is 6. The van der Waals surface area contributed by atoms with Crippen LogP contribution in [0.3, 0.4) is 0 Å². The highest BCUT2D eigenvalue weighted by Crippen LogP contribution is 2.21. The molecule has 0 saturated carbocycles. The van der Waals surface area contributed by atoms with Gasteiger partial charge in [-0.3, -0.25) is 0 Å². The maximum atomic E-state index is 12.2. The Morgan fingerprint density at radius 1 is 1.10 bits per heavy atom. The molecule has 0 spiro atoms. The van der Waals surface area contributed by atoms with Crippen molar-refractivity contribution >= 4 is 5.69 Å². The first-order chi connectivity index (χ1) is 14.1. The predicted molar refractivity (Wildman–Crippen MR) is 105 cm³/mol. The summed E-state index contributed by atoms with van der Waals surface area (Å²) in [6.07, 6.45) is 1.79. The lowest BCUT2D eigenvalue weighted by Gasteiger charge is -2.11. The van der Waals surface area contributed by atoms with E-state index in [0.29, 0.717) is 17.3 Å². The van der Waals surface area contributed by atoms with Gasteiger partial charge >= 0.3 is 5.69 Å². The van der Waals surface area contributed by atoms with Gasteiger partial charge in [-0.2, -0.15) is 9.36 Å². The van der Waals surface area contributed by atoms with E-state index in [2.05, 4.69) is 20.4 Å². The molecule has 2 aromatic heterocycles. The summed E-state index contributed by atoms with van der Waals surface area (Å²) in [5, 5.41) is 12.1. The van der Waals surface area contributed by atoms with Crippen molar-refractivity contribution in [1.82, 2.24) is 29.6 Å². The van der Waals surface area contributed by atoms with Crippen LogP contribution in [0.15, 0.2) is 59.5 Å². The molecule has 4 aromatic rings. The summed E-state index contributed by atoms with van der Waals surface area (Å²) >= 11 is 0. The molecule has 0 aliphatic rings. The Morgan fingerprint density at radius 3 is 2.59 bits per heavy atom. The Hall–Kier alpha value is -4.19. The van der Waals surface area contributed by atoms with Gasteiger partial charge in [0.2, 0.25) is 5.88 Å². The minimum absolute atomic E-state index is 0.221. The standard InChI is InChI=1S/C20H17N7O2/c1-14-5-4-6-18(27-20(28)25(3)23-24-27)17(14)13-29-19-11-12-26(22-19)16-9-7-15(21-2)8-10-16/h4-12H,13H2,1,3H3. The normalized spacial score (nSPS) is 10.7. The lowest BCUT2D eigenvalue weighted by molar-refractivity contribution is 0.290. The minimum atomic E-state index is -0.330. The fourth-order valence-electron chi connectivity index (χ4n) is 2.89. The van der Waals surface area contributed by atoms with Gasteiger partial charge in [0.1, 0.15) is 6.61 Å². The Bertz CT molecular complexity index is 1260. The highest BCUT2D eigenvalue weighted by Gasteiger charge is 2.14. The topological polar surface area (TPSA) is 84.1 Å². The molecule has 29 heavy (non-hydrogen) atoms. The van der Waals surface area contributed by atoms with E-state index < -0.39 is 0 Å². The quantitative estimate of drug-likeness (QED) is 0.492. The molecule has 0 N–H and O–H groups in total. The van der Waals surface area contributed by atoms with Gasteiger partial charge in [0, 0.05) is 24.9 Å². The maximum absolute atomic E-state index is 12.2. The van der Waals surface area contributed by atoms with Crippen molar-refractivity contribution in [1.29, 1.82) is 0 Å². The van der Waals surface area contributed by atoms with E-state index in [1.807, 2.05) is 31.2 Å². The Labute approximate surface area is 166 Å². The highest BCUT2D eigenvalue weighted by molar-refractivity contribution is 5.49. The van der Waals surface area contributed by atoms with Crippen molar-refractivity contribution < 1.29 is 4.74 Å². The number of hydrogen-bond donors (Lipinski definition) is 0. The third-order valence-electron chi connectivity index (χ3n) is 4.51. The Balaban J connectivity index is 1.57. The van der Waals surface area contributed by atoms with Crippen molar-refractivity contribution in [3.63, 3.8) is 0 Å². The van der Waals surface area contributed by atoms with E-state index >= 15 is 0 Å². The number of aryl methyl sites for hydroxylation is 2. The molecule has 0 saturated heterocycles. The lowest BCUT2D eigenvalue weighted by atomic mass is 10.1. The first-order valence-corrected chi connectivity index (χ1v) is 8.81. The number of nitrogens with zero attached hydrogens (tertiary/aromatic N) is 7. The number of tetrazole rings is 1. The second kappa shape index (κ2) is 7.44. The van der Waals surface area contributed by atoms with Crippen LogP contribution in [-0.4, -0.2) is 29.6 Å². The fraction of sp³-hybridized carbons (Fsp3) is 0.150. The van der Waals surface area contributed by atoms with E-state index in [1.165, 1.54) is 9.36 Å².